The SMILES string of the molecule is Cc1c(Cl)nnc(-c2cccc(CC(C)C)c2)c1C. The molecule has 0 atom stereocenters. The number of rotatable bonds is 3. The van der Waals surface area contributed by atoms with Crippen molar-refractivity contribution in [2.24, 2.45) is 5.92 Å². The van der Waals surface area contributed by atoms with Crippen LogP contribution in [0.4, 0.5) is 0 Å². The Labute approximate surface area is 119 Å². The van der Waals surface area contributed by atoms with Crippen LogP contribution in [-0.2, 0) is 6.42 Å². The Morgan fingerprint density at radius 2 is 1.84 bits per heavy atom. The average molecular weight is 275 g/mol. The Kier molecular flexibility index (Phi) is 4.20. The molecular formula is C16H19ClN2. The van der Waals surface area contributed by atoms with Crippen LogP contribution in [0, 0.1) is 19.8 Å². The molecule has 2 aromatic rings. The van der Waals surface area contributed by atoms with Gasteiger partial charge in [0.25, 0.3) is 0 Å². The third kappa shape index (κ3) is 3.13. The van der Waals surface area contributed by atoms with E-state index in [0.29, 0.717) is 11.1 Å². The number of aromatic nitrogens is 2. The van der Waals surface area contributed by atoms with E-state index in [2.05, 4.69) is 48.3 Å². The molecule has 0 N–H and O–H groups in total. The van der Waals surface area contributed by atoms with Crippen LogP contribution in [0.25, 0.3) is 11.3 Å². The number of halogens is 1. The lowest BCUT2D eigenvalue weighted by Crippen LogP contribution is -1.98. The molecule has 0 aliphatic heterocycles. The minimum Gasteiger partial charge on any atom is -0.149 e. The smallest absolute Gasteiger partial charge is 0.149 e. The van der Waals surface area contributed by atoms with Crippen LogP contribution in [0.2, 0.25) is 5.15 Å². The zero-order valence-electron chi connectivity index (χ0n) is 11.9. The lowest BCUT2D eigenvalue weighted by Gasteiger charge is -2.10. The van der Waals surface area contributed by atoms with Crippen molar-refractivity contribution in [3.05, 3.63) is 46.1 Å². The Morgan fingerprint density at radius 1 is 1.11 bits per heavy atom. The van der Waals surface area contributed by atoms with Gasteiger partial charge in [0.1, 0.15) is 0 Å². The maximum absolute atomic E-state index is 6.00. The Morgan fingerprint density at radius 3 is 2.53 bits per heavy atom. The second kappa shape index (κ2) is 5.70. The van der Waals surface area contributed by atoms with Gasteiger partial charge in [0.05, 0.1) is 5.69 Å². The molecule has 1 heterocycles. The second-order valence-electron chi connectivity index (χ2n) is 5.39. The molecule has 1 aromatic carbocycles. The lowest BCUT2D eigenvalue weighted by atomic mass is 9.98. The van der Waals surface area contributed by atoms with E-state index < -0.39 is 0 Å². The fourth-order valence-electron chi connectivity index (χ4n) is 2.17. The van der Waals surface area contributed by atoms with Crippen LogP contribution in [0.1, 0.15) is 30.5 Å². The molecule has 2 nitrogen and oxygen atoms in total. The van der Waals surface area contributed by atoms with Crippen LogP contribution < -0.4 is 0 Å². The van der Waals surface area contributed by atoms with Crippen LogP contribution >= 0.6 is 11.6 Å². The molecule has 0 saturated carbocycles. The van der Waals surface area contributed by atoms with Gasteiger partial charge in [-0.1, -0.05) is 43.6 Å². The third-order valence-corrected chi connectivity index (χ3v) is 3.67. The zero-order valence-corrected chi connectivity index (χ0v) is 12.6. The van der Waals surface area contributed by atoms with Crippen molar-refractivity contribution in [1.29, 1.82) is 0 Å². The van der Waals surface area contributed by atoms with Crippen molar-refractivity contribution < 1.29 is 0 Å². The standard InChI is InChI=1S/C16H19ClN2/c1-10(2)8-13-6-5-7-14(9-13)15-11(3)12(4)16(17)19-18-15/h5-7,9-10H,8H2,1-4H3. The summed E-state index contributed by atoms with van der Waals surface area (Å²) in [7, 11) is 0. The van der Waals surface area contributed by atoms with E-state index in [1.807, 2.05) is 13.8 Å². The summed E-state index contributed by atoms with van der Waals surface area (Å²) in [6.07, 6.45) is 1.08. The quantitative estimate of drug-likeness (QED) is 0.817. The van der Waals surface area contributed by atoms with Crippen molar-refractivity contribution in [1.82, 2.24) is 10.2 Å². The summed E-state index contributed by atoms with van der Waals surface area (Å²) in [6.45, 7) is 8.47. The van der Waals surface area contributed by atoms with Gasteiger partial charge < -0.3 is 0 Å². The third-order valence-electron chi connectivity index (χ3n) is 3.31. The Bertz CT molecular complexity index is 591. The van der Waals surface area contributed by atoms with Gasteiger partial charge in [-0.15, -0.1) is 10.2 Å². The number of hydrogen-bond acceptors (Lipinski definition) is 2. The number of nitrogens with zero attached hydrogens (tertiary/aromatic N) is 2. The molecular weight excluding hydrogens is 256 g/mol. The average Bonchev–Trinajstić information content (AvgIpc) is 2.36. The molecule has 19 heavy (non-hydrogen) atoms. The first kappa shape index (κ1) is 14.0. The van der Waals surface area contributed by atoms with Crippen molar-refractivity contribution in [3.8, 4) is 11.3 Å². The fourth-order valence-corrected chi connectivity index (χ4v) is 2.35. The predicted octanol–water partition coefficient (Wildman–Crippen LogP) is 4.61. The second-order valence-corrected chi connectivity index (χ2v) is 5.75. The monoisotopic (exact) mass is 274 g/mol. The minimum atomic E-state index is 0.486. The summed E-state index contributed by atoms with van der Waals surface area (Å²) in [5.41, 5.74) is 5.47. The zero-order chi connectivity index (χ0) is 14.0. The van der Waals surface area contributed by atoms with Crippen molar-refractivity contribution in [2.45, 2.75) is 34.1 Å². The lowest BCUT2D eigenvalue weighted by molar-refractivity contribution is 0.647. The van der Waals surface area contributed by atoms with E-state index in [1.165, 1.54) is 5.56 Å². The summed E-state index contributed by atoms with van der Waals surface area (Å²) in [4.78, 5) is 0. The van der Waals surface area contributed by atoms with Crippen LogP contribution in [0.15, 0.2) is 24.3 Å². The fraction of sp³-hybridized carbons (Fsp3) is 0.375. The first-order valence-corrected chi connectivity index (χ1v) is 6.95. The molecule has 0 bridgehead atoms. The summed E-state index contributed by atoms with van der Waals surface area (Å²) in [6, 6.07) is 8.52. The van der Waals surface area contributed by atoms with Gasteiger partial charge in [0.2, 0.25) is 0 Å². The largest absolute Gasteiger partial charge is 0.154 e. The first-order chi connectivity index (χ1) is 8.99. The Balaban J connectivity index is 2.45. The van der Waals surface area contributed by atoms with E-state index in [9.17, 15) is 0 Å². The molecule has 2 rings (SSSR count). The summed E-state index contributed by atoms with van der Waals surface area (Å²) < 4.78 is 0. The van der Waals surface area contributed by atoms with Crippen molar-refractivity contribution >= 4 is 11.6 Å². The highest BCUT2D eigenvalue weighted by Crippen LogP contribution is 2.26. The highest BCUT2D eigenvalue weighted by molar-refractivity contribution is 6.30. The van der Waals surface area contributed by atoms with Gasteiger partial charge >= 0.3 is 0 Å². The van der Waals surface area contributed by atoms with Crippen molar-refractivity contribution in [2.75, 3.05) is 0 Å². The van der Waals surface area contributed by atoms with Gasteiger partial charge in [-0.25, -0.2) is 0 Å². The van der Waals surface area contributed by atoms with Gasteiger partial charge in [-0.05, 0) is 48.9 Å². The van der Waals surface area contributed by atoms with E-state index in [4.69, 9.17) is 11.6 Å². The molecule has 0 aliphatic carbocycles. The Hall–Kier alpha value is -1.41. The van der Waals surface area contributed by atoms with Gasteiger partial charge in [-0.2, -0.15) is 0 Å². The minimum absolute atomic E-state index is 0.486. The molecule has 0 fully saturated rings. The first-order valence-electron chi connectivity index (χ1n) is 6.57. The highest BCUT2D eigenvalue weighted by Gasteiger charge is 2.10. The molecule has 3 heteroatoms. The maximum atomic E-state index is 6.00. The van der Waals surface area contributed by atoms with Gasteiger partial charge in [0, 0.05) is 5.56 Å². The summed E-state index contributed by atoms with van der Waals surface area (Å²) in [5.74, 6) is 0.648. The van der Waals surface area contributed by atoms with E-state index in [1.54, 1.807) is 0 Å². The van der Waals surface area contributed by atoms with E-state index >= 15 is 0 Å². The van der Waals surface area contributed by atoms with Gasteiger partial charge in [-0.3, -0.25) is 0 Å². The molecule has 0 aliphatic rings. The molecule has 0 spiro atoms. The normalized spacial score (nSPS) is 11.1. The van der Waals surface area contributed by atoms with Gasteiger partial charge in [0.15, 0.2) is 5.15 Å². The molecule has 100 valence electrons. The van der Waals surface area contributed by atoms with Crippen molar-refractivity contribution in [3.63, 3.8) is 0 Å². The highest BCUT2D eigenvalue weighted by atomic mass is 35.5. The molecule has 0 unspecified atom stereocenters. The maximum Gasteiger partial charge on any atom is 0.154 e. The van der Waals surface area contributed by atoms with Crippen LogP contribution in [-0.4, -0.2) is 10.2 Å². The number of benzene rings is 1. The summed E-state index contributed by atoms with van der Waals surface area (Å²) in [5, 5.41) is 8.75. The van der Waals surface area contributed by atoms with Crippen LogP contribution in [0.3, 0.4) is 0 Å². The van der Waals surface area contributed by atoms with E-state index in [0.717, 1.165) is 28.8 Å². The molecule has 0 radical (unpaired) electrons. The van der Waals surface area contributed by atoms with Crippen LogP contribution in [0.5, 0.6) is 0 Å². The number of hydrogen-bond donors (Lipinski definition) is 0. The van der Waals surface area contributed by atoms with E-state index in [-0.39, 0.29) is 0 Å². The molecule has 0 amide bonds. The molecule has 0 saturated heterocycles. The molecule has 1 aromatic heterocycles. The predicted molar refractivity (Wildman–Crippen MR) is 80.5 cm³/mol. The topological polar surface area (TPSA) is 25.8 Å². The summed E-state index contributed by atoms with van der Waals surface area (Å²) >= 11 is 6.00.